The van der Waals surface area contributed by atoms with Crippen LogP contribution < -0.4 is 14.8 Å². The number of nitrogens with zero attached hydrogens (tertiary/aromatic N) is 1. The molecule has 0 saturated carbocycles. The lowest BCUT2D eigenvalue weighted by Crippen LogP contribution is -2.39. The van der Waals surface area contributed by atoms with E-state index in [9.17, 15) is 13.2 Å². The quantitative estimate of drug-likeness (QED) is 0.668. The first-order chi connectivity index (χ1) is 14.4. The average Bonchev–Trinajstić information content (AvgIpc) is 2.72. The van der Waals surface area contributed by atoms with E-state index in [1.807, 2.05) is 31.2 Å². The fourth-order valence-corrected chi connectivity index (χ4v) is 4.23. The predicted octanol–water partition coefficient (Wildman–Crippen LogP) is 3.50. The van der Waals surface area contributed by atoms with Gasteiger partial charge in [0.2, 0.25) is 15.9 Å². The molecule has 0 aliphatic carbocycles. The maximum absolute atomic E-state index is 12.9. The molecule has 2 rings (SSSR count). The summed E-state index contributed by atoms with van der Waals surface area (Å²) in [5.74, 6) is 0.334. The summed E-state index contributed by atoms with van der Waals surface area (Å²) in [4.78, 5) is 12.5. The molecule has 0 heterocycles. The maximum Gasteiger partial charge on any atom is 0.243 e. The van der Waals surface area contributed by atoms with E-state index in [0.717, 1.165) is 9.87 Å². The molecular weight excluding hydrogens is 416 g/mol. The van der Waals surface area contributed by atoms with Crippen LogP contribution in [0.2, 0.25) is 0 Å². The Morgan fingerprint density at radius 2 is 1.61 bits per heavy atom. The summed E-state index contributed by atoms with van der Waals surface area (Å²) in [5, 5.41) is 2.86. The third kappa shape index (κ3) is 5.98. The SMILES string of the molecule is COc1ccc(S(=O)(=O)N(C)CC(=O)N[C@@H](C)c2ccc(C(C)(C)C)cc2)cc1OC. The molecule has 0 radical (unpaired) electrons. The number of likely N-dealkylation sites (N-methyl/N-ethyl adjacent to an activating group) is 1. The highest BCUT2D eigenvalue weighted by Crippen LogP contribution is 2.30. The first kappa shape index (κ1) is 24.7. The van der Waals surface area contributed by atoms with Crippen molar-refractivity contribution in [2.45, 2.75) is 44.0 Å². The van der Waals surface area contributed by atoms with Gasteiger partial charge in [-0.2, -0.15) is 4.31 Å². The van der Waals surface area contributed by atoms with Crippen LogP contribution in [-0.4, -0.2) is 46.4 Å². The van der Waals surface area contributed by atoms with Crippen molar-refractivity contribution < 1.29 is 22.7 Å². The van der Waals surface area contributed by atoms with Gasteiger partial charge in [-0.3, -0.25) is 4.79 Å². The largest absolute Gasteiger partial charge is 0.493 e. The van der Waals surface area contributed by atoms with E-state index in [0.29, 0.717) is 11.5 Å². The van der Waals surface area contributed by atoms with Crippen molar-refractivity contribution in [1.82, 2.24) is 9.62 Å². The fraction of sp³-hybridized carbons (Fsp3) is 0.435. The Balaban J connectivity index is 2.07. The Labute approximate surface area is 185 Å². The van der Waals surface area contributed by atoms with Crippen molar-refractivity contribution in [1.29, 1.82) is 0 Å². The summed E-state index contributed by atoms with van der Waals surface area (Å²) < 4.78 is 37.1. The number of hydrogen-bond donors (Lipinski definition) is 1. The van der Waals surface area contributed by atoms with Gasteiger partial charge in [0.1, 0.15) is 0 Å². The molecule has 0 fully saturated rings. The van der Waals surface area contributed by atoms with Gasteiger partial charge < -0.3 is 14.8 Å². The second-order valence-corrected chi connectivity index (χ2v) is 10.5. The second kappa shape index (κ2) is 9.70. The molecule has 0 spiro atoms. The molecule has 170 valence electrons. The monoisotopic (exact) mass is 448 g/mol. The van der Waals surface area contributed by atoms with Gasteiger partial charge in [0.05, 0.1) is 31.7 Å². The molecule has 0 aromatic heterocycles. The van der Waals surface area contributed by atoms with Crippen LogP contribution >= 0.6 is 0 Å². The lowest BCUT2D eigenvalue weighted by atomic mass is 9.86. The minimum absolute atomic E-state index is 0.0197. The summed E-state index contributed by atoms with van der Waals surface area (Å²) in [6, 6.07) is 12.1. The highest BCUT2D eigenvalue weighted by atomic mass is 32.2. The number of carbonyl (C=O) groups is 1. The van der Waals surface area contributed by atoms with E-state index >= 15 is 0 Å². The van der Waals surface area contributed by atoms with Crippen LogP contribution in [0.25, 0.3) is 0 Å². The van der Waals surface area contributed by atoms with Gasteiger partial charge in [-0.15, -0.1) is 0 Å². The molecule has 0 aliphatic heterocycles. The van der Waals surface area contributed by atoms with E-state index in [2.05, 4.69) is 26.1 Å². The molecular formula is C23H32N2O5S. The average molecular weight is 449 g/mol. The minimum Gasteiger partial charge on any atom is -0.493 e. The standard InChI is InChI=1S/C23H32N2O5S/c1-16(17-8-10-18(11-9-17)23(2,3)4)24-22(26)15-25(5)31(27,28)19-12-13-20(29-6)21(14-19)30-7/h8-14,16H,15H2,1-7H3,(H,24,26)/t16-/m0/s1. The lowest BCUT2D eigenvalue weighted by Gasteiger charge is -2.22. The zero-order chi connectivity index (χ0) is 23.4. The van der Waals surface area contributed by atoms with Gasteiger partial charge in [0.15, 0.2) is 11.5 Å². The number of methoxy groups -OCH3 is 2. The molecule has 1 amide bonds. The van der Waals surface area contributed by atoms with Crippen LogP contribution in [-0.2, 0) is 20.2 Å². The third-order valence-corrected chi connectivity index (χ3v) is 6.88. The molecule has 7 nitrogen and oxygen atoms in total. The van der Waals surface area contributed by atoms with Gasteiger partial charge >= 0.3 is 0 Å². The maximum atomic E-state index is 12.9. The van der Waals surface area contributed by atoms with Crippen LogP contribution in [0.15, 0.2) is 47.4 Å². The van der Waals surface area contributed by atoms with Crippen LogP contribution in [0.3, 0.4) is 0 Å². The summed E-state index contributed by atoms with van der Waals surface area (Å²) in [7, 11) is 0.396. The smallest absolute Gasteiger partial charge is 0.243 e. The van der Waals surface area contributed by atoms with E-state index in [1.54, 1.807) is 0 Å². The molecule has 2 aromatic carbocycles. The first-order valence-corrected chi connectivity index (χ1v) is 11.4. The van der Waals surface area contributed by atoms with Crippen LogP contribution in [0.1, 0.15) is 44.9 Å². The van der Waals surface area contributed by atoms with Crippen LogP contribution in [0.4, 0.5) is 0 Å². The zero-order valence-electron chi connectivity index (χ0n) is 19.2. The summed E-state index contributed by atoms with van der Waals surface area (Å²) in [5.41, 5.74) is 2.20. The van der Waals surface area contributed by atoms with Crippen molar-refractivity contribution in [3.05, 3.63) is 53.6 Å². The first-order valence-electron chi connectivity index (χ1n) is 9.98. The Bertz CT molecular complexity index is 1010. The number of carbonyl (C=O) groups excluding carboxylic acids is 1. The molecule has 1 atom stereocenters. The molecule has 0 saturated heterocycles. The van der Waals surface area contributed by atoms with Crippen LogP contribution in [0, 0.1) is 0 Å². The molecule has 0 aliphatic rings. The molecule has 31 heavy (non-hydrogen) atoms. The minimum atomic E-state index is -3.88. The number of ether oxygens (including phenoxy) is 2. The second-order valence-electron chi connectivity index (χ2n) is 8.44. The van der Waals surface area contributed by atoms with Crippen molar-refractivity contribution >= 4 is 15.9 Å². The molecule has 0 unspecified atom stereocenters. The topological polar surface area (TPSA) is 84.9 Å². The number of amides is 1. The van der Waals surface area contributed by atoms with Crippen molar-refractivity contribution in [3.63, 3.8) is 0 Å². The Hall–Kier alpha value is -2.58. The van der Waals surface area contributed by atoms with E-state index in [-0.39, 0.29) is 28.8 Å². The van der Waals surface area contributed by atoms with Crippen LogP contribution in [0.5, 0.6) is 11.5 Å². The van der Waals surface area contributed by atoms with E-state index < -0.39 is 10.0 Å². The number of nitrogens with one attached hydrogen (secondary N) is 1. The van der Waals surface area contributed by atoms with Gasteiger partial charge in [0, 0.05) is 13.1 Å². The molecule has 0 bridgehead atoms. The van der Waals surface area contributed by atoms with E-state index in [1.165, 1.54) is 45.0 Å². The van der Waals surface area contributed by atoms with Gasteiger partial charge in [-0.05, 0) is 35.6 Å². The number of sulfonamides is 1. The fourth-order valence-electron chi connectivity index (χ4n) is 3.09. The Morgan fingerprint density at radius 1 is 1.03 bits per heavy atom. The summed E-state index contributed by atoms with van der Waals surface area (Å²) in [6.07, 6.45) is 0. The van der Waals surface area contributed by atoms with Crippen molar-refractivity contribution in [2.24, 2.45) is 0 Å². The number of rotatable bonds is 8. The van der Waals surface area contributed by atoms with Crippen molar-refractivity contribution in [3.8, 4) is 11.5 Å². The summed E-state index contributed by atoms with van der Waals surface area (Å²) >= 11 is 0. The highest BCUT2D eigenvalue weighted by molar-refractivity contribution is 7.89. The van der Waals surface area contributed by atoms with Gasteiger partial charge in [-0.1, -0.05) is 45.0 Å². The Morgan fingerprint density at radius 3 is 2.13 bits per heavy atom. The normalized spacial score (nSPS) is 13.0. The predicted molar refractivity (Wildman–Crippen MR) is 121 cm³/mol. The molecule has 1 N–H and O–H groups in total. The van der Waals surface area contributed by atoms with Crippen molar-refractivity contribution in [2.75, 3.05) is 27.8 Å². The Kier molecular flexibility index (Phi) is 7.72. The molecule has 8 heteroatoms. The van der Waals surface area contributed by atoms with Gasteiger partial charge in [-0.25, -0.2) is 8.42 Å². The highest BCUT2D eigenvalue weighted by Gasteiger charge is 2.25. The summed E-state index contributed by atoms with van der Waals surface area (Å²) in [6.45, 7) is 7.99. The third-order valence-electron chi connectivity index (χ3n) is 5.08. The molecule has 2 aromatic rings. The van der Waals surface area contributed by atoms with E-state index in [4.69, 9.17) is 9.47 Å². The number of benzene rings is 2. The lowest BCUT2D eigenvalue weighted by molar-refractivity contribution is -0.121. The van der Waals surface area contributed by atoms with Gasteiger partial charge in [0.25, 0.3) is 0 Å². The number of hydrogen-bond acceptors (Lipinski definition) is 5. The zero-order valence-corrected chi connectivity index (χ0v) is 20.0.